The first kappa shape index (κ1) is 14.6. The molecule has 1 aromatic rings. The first-order valence-corrected chi connectivity index (χ1v) is 8.08. The van der Waals surface area contributed by atoms with Crippen molar-refractivity contribution in [2.75, 3.05) is 30.0 Å². The summed E-state index contributed by atoms with van der Waals surface area (Å²) in [7, 11) is -1.45. The second-order valence-electron chi connectivity index (χ2n) is 4.72. The monoisotopic (exact) mass is 299 g/mol. The first-order valence-electron chi connectivity index (χ1n) is 6.36. The highest BCUT2D eigenvalue weighted by Gasteiger charge is 2.31. The molecule has 7 nitrogen and oxygen atoms in total. The maximum atomic E-state index is 11.7. The summed E-state index contributed by atoms with van der Waals surface area (Å²) in [5, 5.41) is 16.3. The largest absolute Gasteiger partial charge is 0.382 e. The quantitative estimate of drug-likeness (QED) is 0.633. The number of nitro benzene ring substituents is 1. The number of para-hydroxylation sites is 1. The lowest BCUT2D eigenvalue weighted by molar-refractivity contribution is -0.383. The molecule has 1 fully saturated rings. The maximum Gasteiger partial charge on any atom is 0.315 e. The van der Waals surface area contributed by atoms with Crippen molar-refractivity contribution < 1.29 is 13.3 Å². The molecule has 0 aromatic heterocycles. The second-order valence-corrected chi connectivity index (χ2v) is 7.12. The highest BCUT2D eigenvalue weighted by Crippen LogP contribution is 2.33. The van der Waals surface area contributed by atoms with Gasteiger partial charge in [0.05, 0.1) is 15.9 Å². The van der Waals surface area contributed by atoms with Crippen molar-refractivity contribution >= 4 is 26.9 Å². The third-order valence-electron chi connectivity index (χ3n) is 3.47. The summed E-state index contributed by atoms with van der Waals surface area (Å²) in [4.78, 5) is 10.7. The summed E-state index contributed by atoms with van der Waals surface area (Å²) in [5.74, 6) is 0.206. The Bertz CT molecular complexity index is 615. The maximum absolute atomic E-state index is 11.7. The fourth-order valence-corrected chi connectivity index (χ4v) is 4.16. The van der Waals surface area contributed by atoms with Gasteiger partial charge >= 0.3 is 5.69 Å². The van der Waals surface area contributed by atoms with E-state index in [0.717, 1.165) is 0 Å². The Balaban J connectivity index is 2.20. The molecule has 1 aromatic carbocycles. The topological polar surface area (TPSA) is 101 Å². The second kappa shape index (κ2) is 5.66. The highest BCUT2D eigenvalue weighted by molar-refractivity contribution is 7.92. The van der Waals surface area contributed by atoms with Crippen LogP contribution in [0.15, 0.2) is 18.2 Å². The molecule has 8 heteroatoms. The number of nitro groups is 1. The van der Waals surface area contributed by atoms with E-state index in [1.54, 1.807) is 25.2 Å². The van der Waals surface area contributed by atoms with Crippen molar-refractivity contribution in [2.45, 2.75) is 18.1 Å². The molecule has 1 unspecified atom stereocenters. The zero-order valence-electron chi connectivity index (χ0n) is 11.1. The lowest BCUT2D eigenvalue weighted by atomic mass is 10.2. The number of nitrogens with zero attached hydrogens (tertiary/aromatic N) is 1. The third-order valence-corrected chi connectivity index (χ3v) is 5.75. The Kier molecular flexibility index (Phi) is 4.12. The third kappa shape index (κ3) is 2.84. The van der Waals surface area contributed by atoms with Crippen molar-refractivity contribution in [3.63, 3.8) is 0 Å². The van der Waals surface area contributed by atoms with Crippen LogP contribution in [0.2, 0.25) is 0 Å². The number of anilines is 2. The van der Waals surface area contributed by atoms with Gasteiger partial charge in [-0.15, -0.1) is 0 Å². The summed E-state index contributed by atoms with van der Waals surface area (Å²) in [6, 6.07) is 4.88. The van der Waals surface area contributed by atoms with Crippen LogP contribution in [0.1, 0.15) is 12.8 Å². The summed E-state index contributed by atoms with van der Waals surface area (Å²) in [6.45, 7) is 0.205. The van der Waals surface area contributed by atoms with Crippen LogP contribution in [0.5, 0.6) is 0 Å². The molecule has 20 heavy (non-hydrogen) atoms. The van der Waals surface area contributed by atoms with Crippen LogP contribution in [0.3, 0.4) is 0 Å². The molecule has 110 valence electrons. The van der Waals surface area contributed by atoms with E-state index in [4.69, 9.17) is 0 Å². The molecule has 0 saturated carbocycles. The zero-order valence-corrected chi connectivity index (χ0v) is 11.9. The average molecular weight is 299 g/mol. The molecule has 2 rings (SSSR count). The predicted octanol–water partition coefficient (Wildman–Crippen LogP) is 1.63. The van der Waals surface area contributed by atoms with Crippen molar-refractivity contribution in [2.24, 2.45) is 0 Å². The van der Waals surface area contributed by atoms with Gasteiger partial charge in [-0.3, -0.25) is 10.1 Å². The van der Waals surface area contributed by atoms with E-state index in [0.29, 0.717) is 24.2 Å². The van der Waals surface area contributed by atoms with Crippen LogP contribution in [0.25, 0.3) is 0 Å². The van der Waals surface area contributed by atoms with Crippen molar-refractivity contribution in [1.82, 2.24) is 0 Å². The van der Waals surface area contributed by atoms with Gasteiger partial charge < -0.3 is 10.6 Å². The van der Waals surface area contributed by atoms with Gasteiger partial charge in [0, 0.05) is 13.6 Å². The molecule has 0 bridgehead atoms. The van der Waals surface area contributed by atoms with Crippen LogP contribution in [-0.4, -0.2) is 37.9 Å². The van der Waals surface area contributed by atoms with E-state index in [1.807, 2.05) is 0 Å². The molecule has 1 aliphatic heterocycles. The van der Waals surface area contributed by atoms with Crippen LogP contribution in [0.4, 0.5) is 17.1 Å². The number of sulfone groups is 1. The summed E-state index contributed by atoms with van der Waals surface area (Å²) in [5.41, 5.74) is 0.670. The molecule has 0 aliphatic carbocycles. The Morgan fingerprint density at radius 3 is 2.65 bits per heavy atom. The van der Waals surface area contributed by atoms with Crippen LogP contribution in [-0.2, 0) is 9.84 Å². The number of nitrogens with one attached hydrogen (secondary N) is 2. The lowest BCUT2D eigenvalue weighted by Crippen LogP contribution is -2.25. The molecule has 2 N–H and O–H groups in total. The normalized spacial score (nSPS) is 20.6. The fourth-order valence-electron chi connectivity index (χ4n) is 2.40. The van der Waals surface area contributed by atoms with E-state index < -0.39 is 20.0 Å². The van der Waals surface area contributed by atoms with Gasteiger partial charge in [-0.1, -0.05) is 6.07 Å². The standard InChI is InChI=1S/C12H17N3O4S/c1-13-10-5-2-6-11(12(10)15(16)17)14-8-9-4-3-7-20(9,18)19/h2,5-6,9,13-14H,3-4,7-8H2,1H3. The van der Waals surface area contributed by atoms with Gasteiger partial charge in [0.25, 0.3) is 0 Å². The van der Waals surface area contributed by atoms with E-state index in [9.17, 15) is 18.5 Å². The minimum Gasteiger partial charge on any atom is -0.382 e. The van der Waals surface area contributed by atoms with E-state index in [1.165, 1.54) is 0 Å². The Morgan fingerprint density at radius 2 is 2.10 bits per heavy atom. The molecule has 1 saturated heterocycles. The van der Waals surface area contributed by atoms with Crippen molar-refractivity contribution in [3.05, 3.63) is 28.3 Å². The minimum atomic E-state index is -3.05. The number of benzene rings is 1. The summed E-state index contributed by atoms with van der Waals surface area (Å²) < 4.78 is 23.5. The average Bonchev–Trinajstić information content (AvgIpc) is 2.74. The molecular weight excluding hydrogens is 282 g/mol. The van der Waals surface area contributed by atoms with Gasteiger partial charge in [0.15, 0.2) is 9.84 Å². The molecule has 0 amide bonds. The molecule has 0 spiro atoms. The van der Waals surface area contributed by atoms with E-state index >= 15 is 0 Å². The van der Waals surface area contributed by atoms with Gasteiger partial charge in [-0.05, 0) is 25.0 Å². The molecule has 1 atom stereocenters. The lowest BCUT2D eigenvalue weighted by Gasteiger charge is -2.13. The fraction of sp³-hybridized carbons (Fsp3) is 0.500. The zero-order chi connectivity index (χ0) is 14.8. The summed E-state index contributed by atoms with van der Waals surface area (Å²) >= 11 is 0. The number of rotatable bonds is 5. The van der Waals surface area contributed by atoms with E-state index in [2.05, 4.69) is 10.6 Å². The van der Waals surface area contributed by atoms with Gasteiger partial charge in [-0.25, -0.2) is 8.42 Å². The number of hydrogen-bond donors (Lipinski definition) is 2. The van der Waals surface area contributed by atoms with Crippen molar-refractivity contribution in [3.8, 4) is 0 Å². The first-order chi connectivity index (χ1) is 9.45. The molecule has 0 radical (unpaired) electrons. The number of hydrogen-bond acceptors (Lipinski definition) is 6. The van der Waals surface area contributed by atoms with Crippen LogP contribution in [0, 0.1) is 10.1 Å². The minimum absolute atomic E-state index is 0.0644. The predicted molar refractivity (Wildman–Crippen MR) is 77.9 cm³/mol. The summed E-state index contributed by atoms with van der Waals surface area (Å²) in [6.07, 6.45) is 1.27. The van der Waals surface area contributed by atoms with E-state index in [-0.39, 0.29) is 18.0 Å². The smallest absolute Gasteiger partial charge is 0.315 e. The van der Waals surface area contributed by atoms with Gasteiger partial charge in [0.1, 0.15) is 11.4 Å². The highest BCUT2D eigenvalue weighted by atomic mass is 32.2. The van der Waals surface area contributed by atoms with Crippen LogP contribution >= 0.6 is 0 Å². The molecular formula is C12H17N3O4S. The Hall–Kier alpha value is -1.83. The molecule has 1 aliphatic rings. The van der Waals surface area contributed by atoms with Gasteiger partial charge in [-0.2, -0.15) is 0 Å². The van der Waals surface area contributed by atoms with Crippen molar-refractivity contribution in [1.29, 1.82) is 0 Å². The molecule has 1 heterocycles. The van der Waals surface area contributed by atoms with Crippen LogP contribution < -0.4 is 10.6 Å². The Morgan fingerprint density at radius 1 is 1.40 bits per heavy atom. The van der Waals surface area contributed by atoms with Gasteiger partial charge in [0.2, 0.25) is 0 Å². The Labute approximate surface area is 117 Å². The SMILES string of the molecule is CNc1cccc(NCC2CCCS2(=O)=O)c1[N+](=O)[O-].